The summed E-state index contributed by atoms with van der Waals surface area (Å²) < 4.78 is 0. The maximum Gasteiger partial charge on any atom is 0.164 e. The molecule has 4 aliphatic rings. The second-order valence-corrected chi connectivity index (χ2v) is 18.8. The number of hydrogen-bond donors (Lipinski definition) is 0. The highest BCUT2D eigenvalue weighted by molar-refractivity contribution is 5.91. The van der Waals surface area contributed by atoms with Gasteiger partial charge in [-0.1, -0.05) is 164 Å². The molecule has 0 spiro atoms. The molecule has 0 saturated heterocycles. The predicted molar refractivity (Wildman–Crippen MR) is 259 cm³/mol. The molecule has 2 atom stereocenters. The molecule has 1 heterocycles. The zero-order chi connectivity index (χ0) is 42.7. The van der Waals surface area contributed by atoms with Crippen LogP contribution >= 0.6 is 0 Å². The molecule has 64 heavy (non-hydrogen) atoms. The first-order chi connectivity index (χ1) is 31.5. The summed E-state index contributed by atoms with van der Waals surface area (Å²) in [5.74, 6) is 3.55. The Bertz CT molecular complexity index is 3150. The molecule has 0 aliphatic heterocycles. The van der Waals surface area contributed by atoms with Crippen molar-refractivity contribution in [1.29, 1.82) is 5.26 Å². The van der Waals surface area contributed by atoms with Crippen LogP contribution in [0.25, 0.3) is 78.3 Å². The third kappa shape index (κ3) is 6.89. The van der Waals surface area contributed by atoms with Crippen molar-refractivity contribution in [3.63, 3.8) is 0 Å². The average molecular weight is 823 g/mol. The van der Waals surface area contributed by atoms with Crippen LogP contribution in [-0.4, -0.2) is 15.0 Å². The normalized spacial score (nSPS) is 20.9. The van der Waals surface area contributed by atoms with Gasteiger partial charge in [-0.05, 0) is 147 Å². The lowest BCUT2D eigenvalue weighted by molar-refractivity contribution is -0.0281. The van der Waals surface area contributed by atoms with Gasteiger partial charge in [-0.25, -0.2) is 15.0 Å². The van der Waals surface area contributed by atoms with Crippen LogP contribution in [0, 0.1) is 23.2 Å². The molecule has 9 aromatic rings. The van der Waals surface area contributed by atoms with E-state index < -0.39 is 0 Å². The van der Waals surface area contributed by atoms with Crippen molar-refractivity contribution < 1.29 is 0 Å². The number of benzene rings is 8. The molecule has 4 saturated carbocycles. The minimum atomic E-state index is 0.235. The van der Waals surface area contributed by atoms with E-state index in [1.54, 1.807) is 0 Å². The Morgan fingerprint density at radius 3 is 1.28 bits per heavy atom. The molecule has 4 fully saturated rings. The zero-order valence-corrected chi connectivity index (χ0v) is 35.7. The molecular formula is C60H46N4. The highest BCUT2D eigenvalue weighted by atomic mass is 15.0. The van der Waals surface area contributed by atoms with Crippen LogP contribution in [0.1, 0.15) is 55.2 Å². The Kier molecular flexibility index (Phi) is 9.20. The molecule has 1 aromatic heterocycles. The quantitative estimate of drug-likeness (QED) is 0.153. The van der Waals surface area contributed by atoms with Crippen molar-refractivity contribution in [2.24, 2.45) is 11.8 Å². The fourth-order valence-electron chi connectivity index (χ4n) is 12.1. The van der Waals surface area contributed by atoms with Crippen LogP contribution in [0.15, 0.2) is 194 Å². The molecule has 2 unspecified atom stereocenters. The Hall–Kier alpha value is -7.48. The van der Waals surface area contributed by atoms with Gasteiger partial charge in [-0.3, -0.25) is 0 Å². The van der Waals surface area contributed by atoms with Crippen LogP contribution in [0.5, 0.6) is 0 Å². The number of hydrogen-bond acceptors (Lipinski definition) is 4. The molecular weight excluding hydrogens is 777 g/mol. The summed E-state index contributed by atoms with van der Waals surface area (Å²) in [6.07, 6.45) is 7.87. The summed E-state index contributed by atoms with van der Waals surface area (Å²) in [6, 6.07) is 71.8. The van der Waals surface area contributed by atoms with Crippen molar-refractivity contribution >= 4 is 10.8 Å². The first-order valence-electron chi connectivity index (χ1n) is 22.7. The third-order valence-corrected chi connectivity index (χ3v) is 14.7. The Morgan fingerprint density at radius 1 is 0.375 bits per heavy atom. The maximum atomic E-state index is 9.26. The molecule has 4 bridgehead atoms. The molecule has 306 valence electrons. The van der Waals surface area contributed by atoms with Crippen LogP contribution in [0.4, 0.5) is 0 Å². The van der Waals surface area contributed by atoms with Crippen molar-refractivity contribution in [3.05, 3.63) is 211 Å². The first kappa shape index (κ1) is 38.2. The fraction of sp³-hybridized carbons (Fsp3) is 0.167. The van der Waals surface area contributed by atoms with Crippen molar-refractivity contribution in [1.82, 2.24) is 15.0 Å². The van der Waals surface area contributed by atoms with Crippen molar-refractivity contribution in [2.75, 3.05) is 0 Å². The van der Waals surface area contributed by atoms with E-state index in [1.807, 2.05) is 72.8 Å². The summed E-state index contributed by atoms with van der Waals surface area (Å²) in [7, 11) is 0. The van der Waals surface area contributed by atoms with Crippen molar-refractivity contribution in [3.8, 4) is 73.6 Å². The highest BCUT2D eigenvalue weighted by Crippen LogP contribution is 2.66. The summed E-state index contributed by atoms with van der Waals surface area (Å²) in [4.78, 5) is 14.8. The second kappa shape index (κ2) is 15.4. The van der Waals surface area contributed by atoms with Crippen LogP contribution in [-0.2, 0) is 10.8 Å². The van der Waals surface area contributed by atoms with Gasteiger partial charge in [-0.2, -0.15) is 5.26 Å². The number of aromatic nitrogens is 3. The van der Waals surface area contributed by atoms with Gasteiger partial charge in [0.2, 0.25) is 0 Å². The van der Waals surface area contributed by atoms with Gasteiger partial charge in [0.1, 0.15) is 0 Å². The molecule has 4 aliphatic carbocycles. The SMILES string of the molecule is N#Cc1ccc(-c2ccc(C34CC5CC(C3)CC(c3ccc(-c6cccc(-c7ccc8cc(-c9nc(-c%10ccccc%10)nc(-c%10ccccc%10)n9)ccc8c7)c6)cc3)(C5)C4)cc2)cc1. The number of fused-ring (bicyclic) bond motifs is 1. The van der Waals surface area contributed by atoms with E-state index in [1.165, 1.54) is 88.4 Å². The number of rotatable bonds is 8. The van der Waals surface area contributed by atoms with E-state index in [0.29, 0.717) is 23.0 Å². The smallest absolute Gasteiger partial charge is 0.164 e. The Labute approximate surface area is 375 Å². The summed E-state index contributed by atoms with van der Waals surface area (Å²) in [5, 5.41) is 11.6. The van der Waals surface area contributed by atoms with E-state index in [2.05, 4.69) is 127 Å². The van der Waals surface area contributed by atoms with Crippen LogP contribution in [0.2, 0.25) is 0 Å². The minimum absolute atomic E-state index is 0.235. The van der Waals surface area contributed by atoms with E-state index in [9.17, 15) is 5.26 Å². The van der Waals surface area contributed by atoms with E-state index in [4.69, 9.17) is 15.0 Å². The van der Waals surface area contributed by atoms with Crippen LogP contribution in [0.3, 0.4) is 0 Å². The topological polar surface area (TPSA) is 62.5 Å². The van der Waals surface area contributed by atoms with Gasteiger partial charge in [-0.15, -0.1) is 0 Å². The monoisotopic (exact) mass is 822 g/mol. The molecule has 13 rings (SSSR count). The van der Waals surface area contributed by atoms with E-state index in [-0.39, 0.29) is 10.8 Å². The molecule has 0 radical (unpaired) electrons. The van der Waals surface area contributed by atoms with Gasteiger partial charge in [0.15, 0.2) is 17.5 Å². The Morgan fingerprint density at radius 2 is 0.766 bits per heavy atom. The van der Waals surface area contributed by atoms with E-state index >= 15 is 0 Å². The van der Waals surface area contributed by atoms with Gasteiger partial charge >= 0.3 is 0 Å². The highest BCUT2D eigenvalue weighted by Gasteiger charge is 2.58. The minimum Gasteiger partial charge on any atom is -0.208 e. The summed E-state index contributed by atoms with van der Waals surface area (Å²) in [5.41, 5.74) is 14.4. The lowest BCUT2D eigenvalue weighted by Crippen LogP contribution is -2.55. The average Bonchev–Trinajstić information content (AvgIpc) is 3.36. The van der Waals surface area contributed by atoms with Gasteiger partial charge in [0.25, 0.3) is 0 Å². The molecule has 4 heteroatoms. The lowest BCUT2D eigenvalue weighted by Gasteiger charge is -2.63. The lowest BCUT2D eigenvalue weighted by atomic mass is 9.41. The van der Waals surface area contributed by atoms with E-state index in [0.717, 1.165) is 33.9 Å². The number of nitriles is 1. The van der Waals surface area contributed by atoms with Crippen LogP contribution < -0.4 is 0 Å². The zero-order valence-electron chi connectivity index (χ0n) is 35.7. The molecule has 8 aromatic carbocycles. The standard InChI is InChI=1S/C60H46N4/c61-38-40-14-16-43(17-15-40)44-22-26-54(27-23-44)59-34-41-30-42(35-59)37-60(36-41,39-59)55-28-24-45(25-29-55)48-12-7-13-49(31-48)50-18-19-52-33-53(21-20-51(52)32-50)58-63-56(46-8-3-1-4-9-46)62-57(64-58)47-10-5-2-6-11-47/h1-29,31-33,41-42H,30,34-37,39H2. The summed E-state index contributed by atoms with van der Waals surface area (Å²) in [6.45, 7) is 0. The predicted octanol–water partition coefficient (Wildman–Crippen LogP) is 14.7. The third-order valence-electron chi connectivity index (χ3n) is 14.7. The van der Waals surface area contributed by atoms with Crippen molar-refractivity contribution in [2.45, 2.75) is 49.4 Å². The van der Waals surface area contributed by atoms with Gasteiger partial charge in [0, 0.05) is 16.7 Å². The first-order valence-corrected chi connectivity index (χ1v) is 22.7. The molecule has 0 amide bonds. The molecule has 4 nitrogen and oxygen atoms in total. The maximum absolute atomic E-state index is 9.26. The number of nitrogens with zero attached hydrogens (tertiary/aromatic N) is 4. The van der Waals surface area contributed by atoms with Gasteiger partial charge < -0.3 is 0 Å². The Balaban J connectivity index is 0.799. The van der Waals surface area contributed by atoms with Gasteiger partial charge in [0.05, 0.1) is 11.6 Å². The largest absolute Gasteiger partial charge is 0.208 e. The fourth-order valence-corrected chi connectivity index (χ4v) is 12.1. The summed E-state index contributed by atoms with van der Waals surface area (Å²) >= 11 is 0. The second-order valence-electron chi connectivity index (χ2n) is 18.8. The molecule has 0 N–H and O–H groups in total.